The Bertz CT molecular complexity index is 276. The van der Waals surface area contributed by atoms with Gasteiger partial charge in [-0.05, 0) is 24.6 Å². The Labute approximate surface area is 84.7 Å². The van der Waals surface area contributed by atoms with Gasteiger partial charge in [0.1, 0.15) is 18.4 Å². The van der Waals surface area contributed by atoms with Crippen LogP contribution in [-0.2, 0) is 0 Å². The number of aliphatic hydroxyl groups is 1. The van der Waals surface area contributed by atoms with Gasteiger partial charge in [-0.1, -0.05) is 12.1 Å². The van der Waals surface area contributed by atoms with Crippen LogP contribution in [0, 0.1) is 0 Å². The van der Waals surface area contributed by atoms with E-state index in [1.807, 2.05) is 43.6 Å². The summed E-state index contributed by atoms with van der Waals surface area (Å²) >= 11 is 0. The largest absolute Gasteiger partial charge is 0.494 e. The molecule has 3 heteroatoms. The zero-order chi connectivity index (χ0) is 10.4. The molecule has 0 aliphatic rings. The summed E-state index contributed by atoms with van der Waals surface area (Å²) < 4.78 is 5.35. The summed E-state index contributed by atoms with van der Waals surface area (Å²) in [6.45, 7) is 3.28. The summed E-state index contributed by atoms with van der Waals surface area (Å²) in [6.07, 6.45) is -0.416. The Kier molecular flexibility index (Phi) is 4.43. The predicted molar refractivity (Wildman–Crippen MR) is 55.3 cm³/mol. The van der Waals surface area contributed by atoms with Crippen molar-refractivity contribution in [3.63, 3.8) is 0 Å². The van der Waals surface area contributed by atoms with Crippen molar-refractivity contribution < 1.29 is 15.2 Å². The number of rotatable bonds is 5. The third-order valence-corrected chi connectivity index (χ3v) is 2.01. The van der Waals surface area contributed by atoms with Gasteiger partial charge in [-0.3, -0.25) is 0 Å². The van der Waals surface area contributed by atoms with E-state index in [9.17, 15) is 5.11 Å². The molecule has 1 rings (SSSR count). The lowest BCUT2D eigenvalue weighted by molar-refractivity contribution is -0.634. The standard InChI is InChI=1S/C11H17NO2/c1-3-14-10-6-4-5-9(7-10)11(13)8-12-2/h4-7,11-13H,3,8H2,1-2H3/p+1/t11-/m1/s1. The minimum Gasteiger partial charge on any atom is -0.494 e. The van der Waals surface area contributed by atoms with Crippen LogP contribution in [0.25, 0.3) is 0 Å². The summed E-state index contributed by atoms with van der Waals surface area (Å²) in [6, 6.07) is 7.60. The highest BCUT2D eigenvalue weighted by Gasteiger charge is 2.08. The first-order valence-corrected chi connectivity index (χ1v) is 4.96. The van der Waals surface area contributed by atoms with E-state index in [-0.39, 0.29) is 0 Å². The lowest BCUT2D eigenvalue weighted by Gasteiger charge is -2.10. The lowest BCUT2D eigenvalue weighted by atomic mass is 10.1. The van der Waals surface area contributed by atoms with E-state index in [0.29, 0.717) is 13.2 Å². The number of aliphatic hydroxyl groups excluding tert-OH is 1. The van der Waals surface area contributed by atoms with Gasteiger partial charge in [0, 0.05) is 0 Å². The normalized spacial score (nSPS) is 12.5. The van der Waals surface area contributed by atoms with Gasteiger partial charge in [-0.25, -0.2) is 0 Å². The van der Waals surface area contributed by atoms with Crippen LogP contribution in [0.4, 0.5) is 0 Å². The third kappa shape index (κ3) is 3.01. The van der Waals surface area contributed by atoms with Gasteiger partial charge in [-0.15, -0.1) is 0 Å². The fourth-order valence-electron chi connectivity index (χ4n) is 1.34. The molecule has 0 saturated heterocycles. The van der Waals surface area contributed by atoms with Crippen LogP contribution in [0.2, 0.25) is 0 Å². The number of hydrogen-bond donors (Lipinski definition) is 2. The van der Waals surface area contributed by atoms with Crippen molar-refractivity contribution in [2.45, 2.75) is 13.0 Å². The second kappa shape index (κ2) is 5.62. The van der Waals surface area contributed by atoms with E-state index in [2.05, 4.69) is 0 Å². The number of likely N-dealkylation sites (N-methyl/N-ethyl adjacent to an activating group) is 1. The average molecular weight is 196 g/mol. The first-order chi connectivity index (χ1) is 6.77. The van der Waals surface area contributed by atoms with Crippen molar-refractivity contribution in [1.29, 1.82) is 0 Å². The van der Waals surface area contributed by atoms with Crippen molar-refractivity contribution in [2.24, 2.45) is 0 Å². The zero-order valence-electron chi connectivity index (χ0n) is 8.73. The van der Waals surface area contributed by atoms with Crippen molar-refractivity contribution in [3.05, 3.63) is 29.8 Å². The van der Waals surface area contributed by atoms with Crippen LogP contribution in [0.15, 0.2) is 24.3 Å². The van der Waals surface area contributed by atoms with Crippen LogP contribution in [-0.4, -0.2) is 25.3 Å². The van der Waals surface area contributed by atoms with Crippen LogP contribution in [0.3, 0.4) is 0 Å². The van der Waals surface area contributed by atoms with E-state index in [4.69, 9.17) is 4.74 Å². The Morgan fingerprint density at radius 2 is 2.29 bits per heavy atom. The van der Waals surface area contributed by atoms with Crippen molar-refractivity contribution in [3.8, 4) is 5.75 Å². The Morgan fingerprint density at radius 3 is 2.93 bits per heavy atom. The Balaban J connectivity index is 2.71. The maximum atomic E-state index is 9.73. The molecule has 1 aromatic rings. The molecule has 0 aromatic heterocycles. The fraction of sp³-hybridized carbons (Fsp3) is 0.455. The van der Waals surface area contributed by atoms with Gasteiger partial charge < -0.3 is 15.2 Å². The van der Waals surface area contributed by atoms with Gasteiger partial charge in [0.2, 0.25) is 0 Å². The van der Waals surface area contributed by atoms with E-state index < -0.39 is 6.10 Å². The molecule has 0 amide bonds. The molecule has 0 spiro atoms. The number of ether oxygens (including phenoxy) is 1. The second-order valence-electron chi connectivity index (χ2n) is 3.17. The van der Waals surface area contributed by atoms with E-state index in [1.165, 1.54) is 0 Å². The lowest BCUT2D eigenvalue weighted by Crippen LogP contribution is -2.80. The number of hydrogen-bond acceptors (Lipinski definition) is 2. The molecule has 1 atom stereocenters. The number of nitrogens with two attached hydrogens (primary N) is 1. The molecule has 78 valence electrons. The quantitative estimate of drug-likeness (QED) is 0.712. The second-order valence-corrected chi connectivity index (χ2v) is 3.17. The van der Waals surface area contributed by atoms with Crippen LogP contribution >= 0.6 is 0 Å². The van der Waals surface area contributed by atoms with E-state index in [0.717, 1.165) is 11.3 Å². The summed E-state index contributed by atoms with van der Waals surface area (Å²) in [5, 5.41) is 11.7. The average Bonchev–Trinajstić information content (AvgIpc) is 2.19. The van der Waals surface area contributed by atoms with E-state index >= 15 is 0 Å². The van der Waals surface area contributed by atoms with Crippen LogP contribution < -0.4 is 10.1 Å². The summed E-state index contributed by atoms with van der Waals surface area (Å²) in [7, 11) is 1.94. The molecule has 0 radical (unpaired) electrons. The molecule has 0 heterocycles. The Hall–Kier alpha value is -1.06. The zero-order valence-corrected chi connectivity index (χ0v) is 8.73. The predicted octanol–water partition coefficient (Wildman–Crippen LogP) is 0.312. The van der Waals surface area contributed by atoms with Gasteiger partial charge >= 0.3 is 0 Å². The minimum absolute atomic E-state index is 0.416. The highest BCUT2D eigenvalue weighted by Crippen LogP contribution is 2.18. The molecule has 0 aliphatic heterocycles. The number of benzene rings is 1. The molecule has 0 aliphatic carbocycles. The molecule has 0 saturated carbocycles. The molecule has 0 fully saturated rings. The van der Waals surface area contributed by atoms with Crippen molar-refractivity contribution in [2.75, 3.05) is 20.2 Å². The summed E-state index contributed by atoms with van der Waals surface area (Å²) in [5.74, 6) is 0.820. The highest BCUT2D eigenvalue weighted by molar-refractivity contribution is 5.29. The monoisotopic (exact) mass is 196 g/mol. The SMILES string of the molecule is CCOc1cccc([C@H](O)C[NH2+]C)c1. The maximum absolute atomic E-state index is 9.73. The number of quaternary nitrogens is 1. The molecular weight excluding hydrogens is 178 g/mol. The molecule has 3 N–H and O–H groups in total. The third-order valence-electron chi connectivity index (χ3n) is 2.01. The van der Waals surface area contributed by atoms with Crippen molar-refractivity contribution in [1.82, 2.24) is 0 Å². The van der Waals surface area contributed by atoms with Crippen LogP contribution in [0.5, 0.6) is 5.75 Å². The summed E-state index contributed by atoms with van der Waals surface area (Å²) in [5.41, 5.74) is 0.911. The Morgan fingerprint density at radius 1 is 1.50 bits per heavy atom. The molecule has 14 heavy (non-hydrogen) atoms. The van der Waals surface area contributed by atoms with Crippen molar-refractivity contribution >= 4 is 0 Å². The van der Waals surface area contributed by atoms with Gasteiger partial charge in [0.05, 0.1) is 13.7 Å². The molecular formula is C11H18NO2+. The first kappa shape index (κ1) is 11.0. The van der Waals surface area contributed by atoms with Crippen LogP contribution in [0.1, 0.15) is 18.6 Å². The minimum atomic E-state index is -0.416. The van der Waals surface area contributed by atoms with Gasteiger partial charge in [0.25, 0.3) is 0 Å². The molecule has 3 nitrogen and oxygen atoms in total. The maximum Gasteiger partial charge on any atom is 0.128 e. The molecule has 0 bridgehead atoms. The van der Waals surface area contributed by atoms with Gasteiger partial charge in [-0.2, -0.15) is 0 Å². The topological polar surface area (TPSA) is 46.1 Å². The van der Waals surface area contributed by atoms with Gasteiger partial charge in [0.15, 0.2) is 0 Å². The molecule has 0 unspecified atom stereocenters. The van der Waals surface area contributed by atoms with E-state index in [1.54, 1.807) is 0 Å². The smallest absolute Gasteiger partial charge is 0.128 e. The fourth-order valence-corrected chi connectivity index (χ4v) is 1.34. The summed E-state index contributed by atoms with van der Waals surface area (Å²) in [4.78, 5) is 0. The first-order valence-electron chi connectivity index (χ1n) is 4.96. The highest BCUT2D eigenvalue weighted by atomic mass is 16.5. The molecule has 1 aromatic carbocycles.